The van der Waals surface area contributed by atoms with Crippen LogP contribution < -0.4 is 4.99 Å². The number of halogens is 4. The summed E-state index contributed by atoms with van der Waals surface area (Å²) < 4.78 is 61.5. The SMILES string of the molecule is CC1=[NH+]/C(=C\c2c3c(C)c(C)c(C)c(C)c3c(C)n2[B-](F)F)c2cc3c(C)[nH]c(/C=C4/c5c(C)c(C)c(C)c(C)c5C(C)=[N+]4[B-](F)F)c3cc21. The molecule has 2 N–H and O–H groups in total. The Kier molecular flexibility index (Phi) is 7.77. The first-order chi connectivity index (χ1) is 23.5. The van der Waals surface area contributed by atoms with Gasteiger partial charge < -0.3 is 31.2 Å². The number of nitrogens with one attached hydrogen (secondary N) is 2. The van der Waals surface area contributed by atoms with Crippen LogP contribution in [0.4, 0.5) is 17.3 Å². The molecule has 2 aromatic heterocycles. The van der Waals surface area contributed by atoms with E-state index in [1.807, 2.05) is 53.7 Å². The molecule has 2 aliphatic rings. The van der Waals surface area contributed by atoms with Gasteiger partial charge in [0, 0.05) is 58.9 Å². The summed E-state index contributed by atoms with van der Waals surface area (Å²) in [6.45, 7) is 23.8. The number of aryl methyl sites for hydroxylation is 4. The molecule has 2 radical (unpaired) electrons. The Balaban J connectivity index is 1.45. The first kappa shape index (κ1) is 33.9. The Bertz CT molecular complexity index is 2510. The lowest BCUT2D eigenvalue weighted by Crippen LogP contribution is -2.65. The van der Waals surface area contributed by atoms with Crippen molar-refractivity contribution in [2.45, 2.75) is 83.1 Å². The highest BCUT2D eigenvalue weighted by molar-refractivity contribution is 6.42. The number of fused-ring (bicyclic) bond motifs is 4. The molecule has 0 saturated carbocycles. The van der Waals surface area contributed by atoms with E-state index in [0.717, 1.165) is 120 Å². The summed E-state index contributed by atoms with van der Waals surface area (Å²) in [6, 6.07) is 4.17. The number of hydrogen-bond acceptors (Lipinski definition) is 0. The molecule has 5 aromatic rings. The van der Waals surface area contributed by atoms with Gasteiger partial charge >= 0.3 is 14.8 Å². The summed E-state index contributed by atoms with van der Waals surface area (Å²) in [5, 5.41) is 3.57. The monoisotopic (exact) mass is 676 g/mol. The molecule has 2 aliphatic heterocycles. The van der Waals surface area contributed by atoms with Gasteiger partial charge in [-0.1, -0.05) is 0 Å². The van der Waals surface area contributed by atoms with E-state index in [1.165, 1.54) is 0 Å². The second-order valence-electron chi connectivity index (χ2n) is 14.3. The minimum absolute atomic E-state index is 0.477. The van der Waals surface area contributed by atoms with Crippen LogP contribution in [0, 0.1) is 69.2 Å². The molecular weight excluding hydrogens is 634 g/mol. The zero-order valence-electron chi connectivity index (χ0n) is 30.9. The molecule has 50 heavy (non-hydrogen) atoms. The van der Waals surface area contributed by atoms with Gasteiger partial charge in [-0.3, -0.25) is 0 Å². The Morgan fingerprint density at radius 1 is 0.660 bits per heavy atom. The van der Waals surface area contributed by atoms with Crippen molar-refractivity contribution in [2.75, 3.05) is 0 Å². The normalized spacial score (nSPS) is 16.1. The molecule has 0 bridgehead atoms. The maximum atomic E-state index is 14.8. The van der Waals surface area contributed by atoms with Crippen LogP contribution in [0.5, 0.6) is 0 Å². The van der Waals surface area contributed by atoms with E-state index in [0.29, 0.717) is 22.8 Å². The van der Waals surface area contributed by atoms with Gasteiger partial charge in [0.25, 0.3) is 0 Å². The molecule has 3 aromatic carbocycles. The average Bonchev–Trinajstić information content (AvgIpc) is 3.73. The van der Waals surface area contributed by atoms with Crippen LogP contribution >= 0.6 is 0 Å². The molecule has 0 saturated heterocycles. The van der Waals surface area contributed by atoms with Crippen LogP contribution in [0.1, 0.15) is 103 Å². The fraction of sp³-hybridized carbons (Fsp3) is 0.300. The Morgan fingerprint density at radius 2 is 1.22 bits per heavy atom. The van der Waals surface area contributed by atoms with E-state index in [2.05, 4.69) is 49.8 Å². The number of rotatable bonds is 4. The van der Waals surface area contributed by atoms with Crippen LogP contribution in [0.25, 0.3) is 45.1 Å². The second-order valence-corrected chi connectivity index (χ2v) is 14.3. The summed E-state index contributed by atoms with van der Waals surface area (Å²) in [5.41, 5.74) is 17.4. The number of aromatic amines is 1. The molecule has 4 heterocycles. The fourth-order valence-electron chi connectivity index (χ4n) is 8.64. The van der Waals surface area contributed by atoms with Crippen LogP contribution in [0.3, 0.4) is 0 Å². The molecule has 4 nitrogen and oxygen atoms in total. The first-order valence-corrected chi connectivity index (χ1v) is 17.1. The maximum Gasteiger partial charge on any atom is 0.609 e. The highest BCUT2D eigenvalue weighted by atomic mass is 19.2. The summed E-state index contributed by atoms with van der Waals surface area (Å²) >= 11 is 0. The zero-order valence-corrected chi connectivity index (χ0v) is 30.9. The molecule has 0 fully saturated rings. The highest BCUT2D eigenvalue weighted by Gasteiger charge is 2.37. The standard InChI is InChI=1S/C40H41B2F4N4/c1-17-19(3)23(7)39-35(49(41(43)44)27(11)37(39)21(17)5)15-33-31-13-30-26(10)48-34(32(30)14-29(31)25(9)47-33)16-36-40-24(8)20(4)18(2)22(6)38(40)28(12)50(36)42(45)46/h13-16,47H,1-12H3/q-1/p+1/b34-16-,35-15-. The Morgan fingerprint density at radius 3 is 1.82 bits per heavy atom. The van der Waals surface area contributed by atoms with Gasteiger partial charge in [0.15, 0.2) is 11.4 Å². The van der Waals surface area contributed by atoms with E-state index in [9.17, 15) is 17.3 Å². The number of H-pyrrole nitrogens is 1. The lowest BCUT2D eigenvalue weighted by Gasteiger charge is -2.18. The summed E-state index contributed by atoms with van der Waals surface area (Å²) in [5.74, 6) is 0. The summed E-state index contributed by atoms with van der Waals surface area (Å²) in [6.07, 6.45) is 3.72. The highest BCUT2D eigenvalue weighted by Crippen LogP contribution is 2.41. The number of benzene rings is 3. The third-order valence-corrected chi connectivity index (χ3v) is 12.0. The molecule has 0 aliphatic carbocycles. The fourth-order valence-corrected chi connectivity index (χ4v) is 8.64. The molecule has 10 heteroatoms. The van der Waals surface area contributed by atoms with Crippen LogP contribution in [0.15, 0.2) is 12.1 Å². The van der Waals surface area contributed by atoms with E-state index in [4.69, 9.17) is 0 Å². The second kappa shape index (κ2) is 11.5. The molecule has 0 amide bonds. The molecule has 256 valence electrons. The van der Waals surface area contributed by atoms with Crippen molar-refractivity contribution in [1.29, 1.82) is 0 Å². The van der Waals surface area contributed by atoms with Crippen molar-refractivity contribution >= 4 is 71.3 Å². The van der Waals surface area contributed by atoms with Crippen molar-refractivity contribution < 1.29 is 26.7 Å². The molecule has 0 spiro atoms. The van der Waals surface area contributed by atoms with E-state index >= 15 is 0 Å². The average molecular weight is 676 g/mol. The zero-order chi connectivity index (χ0) is 36.4. The van der Waals surface area contributed by atoms with Gasteiger partial charge in [-0.2, -0.15) is 0 Å². The lowest BCUT2D eigenvalue weighted by molar-refractivity contribution is -0.337. The van der Waals surface area contributed by atoms with Crippen LogP contribution in [-0.2, 0) is 0 Å². The van der Waals surface area contributed by atoms with Gasteiger partial charge in [0.1, 0.15) is 5.71 Å². The predicted molar refractivity (Wildman–Crippen MR) is 202 cm³/mol. The Hall–Kier alpha value is -4.59. The predicted octanol–water partition coefficient (Wildman–Crippen LogP) is 8.64. The smallest absolute Gasteiger partial charge is 0.488 e. The summed E-state index contributed by atoms with van der Waals surface area (Å²) in [7, 11) is -5.42. The third kappa shape index (κ3) is 4.52. The topological polar surface area (TPSA) is 37.7 Å². The minimum Gasteiger partial charge on any atom is -0.488 e. The van der Waals surface area contributed by atoms with Gasteiger partial charge in [0.2, 0.25) is 5.70 Å². The van der Waals surface area contributed by atoms with Crippen LogP contribution in [0.2, 0.25) is 0 Å². The van der Waals surface area contributed by atoms with E-state index < -0.39 is 14.8 Å². The Labute approximate surface area is 291 Å². The molecule has 7 rings (SSSR count). The molecular formula is C40H42B2F4N4. The molecule has 0 unspecified atom stereocenters. The van der Waals surface area contributed by atoms with Crippen molar-refractivity contribution in [3.63, 3.8) is 0 Å². The molecule has 0 atom stereocenters. The minimum atomic E-state index is -2.71. The number of hydrogen-bond donors (Lipinski definition) is 2. The quantitative estimate of drug-likeness (QED) is 0.141. The largest absolute Gasteiger partial charge is 0.609 e. The van der Waals surface area contributed by atoms with Crippen molar-refractivity contribution in [3.05, 3.63) is 102 Å². The van der Waals surface area contributed by atoms with Gasteiger partial charge in [0.05, 0.1) is 27.9 Å². The van der Waals surface area contributed by atoms with E-state index in [-0.39, 0.29) is 0 Å². The van der Waals surface area contributed by atoms with Crippen LogP contribution in [-0.4, -0.2) is 40.2 Å². The van der Waals surface area contributed by atoms with Crippen molar-refractivity contribution in [3.8, 4) is 0 Å². The summed E-state index contributed by atoms with van der Waals surface area (Å²) in [4.78, 5) is 6.99. The maximum absolute atomic E-state index is 14.8. The van der Waals surface area contributed by atoms with Crippen molar-refractivity contribution in [2.24, 2.45) is 0 Å². The first-order valence-electron chi connectivity index (χ1n) is 17.1. The third-order valence-electron chi connectivity index (χ3n) is 12.0. The number of nitrogens with zero attached hydrogens (tertiary/aromatic N) is 2. The van der Waals surface area contributed by atoms with Gasteiger partial charge in [-0.05, 0) is 132 Å². The van der Waals surface area contributed by atoms with Gasteiger partial charge in [-0.15, -0.1) is 0 Å². The van der Waals surface area contributed by atoms with Gasteiger partial charge in [-0.25, -0.2) is 4.99 Å². The van der Waals surface area contributed by atoms with Crippen molar-refractivity contribution in [1.82, 2.24) is 9.46 Å². The van der Waals surface area contributed by atoms with E-state index in [1.54, 1.807) is 13.8 Å². The lowest BCUT2D eigenvalue weighted by atomic mass is 9.87. The number of aromatic nitrogens is 2.